The minimum Gasteiger partial charge on any atom is -0.506 e. The largest absolute Gasteiger partial charge is 0.506 e. The maximum absolute atomic E-state index is 10.5. The number of nitrogens with zero attached hydrogens (tertiary/aromatic N) is 3. The Morgan fingerprint density at radius 1 is 0.667 bits per heavy atom. The summed E-state index contributed by atoms with van der Waals surface area (Å²) < 4.78 is 11.0. The highest BCUT2D eigenvalue weighted by atomic mass is 16.5. The number of aliphatic imine (C=N–C) groups is 1. The lowest BCUT2D eigenvalue weighted by Gasteiger charge is -2.21. The van der Waals surface area contributed by atoms with Gasteiger partial charge in [-0.25, -0.2) is 0 Å². The molecule has 8 heteroatoms. The Kier molecular flexibility index (Phi) is 18.3. The van der Waals surface area contributed by atoms with Crippen LogP contribution in [-0.4, -0.2) is 73.2 Å². The molecule has 3 rings (SSSR count). The van der Waals surface area contributed by atoms with E-state index in [1.165, 1.54) is 36.8 Å². The predicted octanol–water partition coefficient (Wildman–Crippen LogP) is 9.17. The summed E-state index contributed by atoms with van der Waals surface area (Å²) in [6.07, 6.45) is 12.9. The molecule has 0 aliphatic heterocycles. The molecule has 3 aromatic carbocycles. The first kappa shape index (κ1) is 38.7. The third-order valence-corrected chi connectivity index (χ3v) is 8.91. The predicted molar refractivity (Wildman–Crippen MR) is 200 cm³/mol. The minimum absolute atomic E-state index is 0.0786. The van der Waals surface area contributed by atoms with Crippen molar-refractivity contribution in [1.82, 2.24) is 9.80 Å². The number of aromatic hydroxyl groups is 2. The molecule has 3 N–H and O–H groups in total. The Hall–Kier alpha value is -3.75. The number of nitrogens with one attached hydrogen (secondary N) is 1. The van der Waals surface area contributed by atoms with E-state index in [0.717, 1.165) is 95.8 Å². The Morgan fingerprint density at radius 3 is 1.75 bits per heavy atom. The van der Waals surface area contributed by atoms with Crippen molar-refractivity contribution >= 4 is 17.6 Å². The van der Waals surface area contributed by atoms with Crippen LogP contribution in [0.4, 0.5) is 11.4 Å². The van der Waals surface area contributed by atoms with Crippen LogP contribution in [-0.2, 0) is 13.1 Å². The van der Waals surface area contributed by atoms with E-state index < -0.39 is 0 Å². The fraction of sp³-hybridized carbons (Fsp3) is 0.525. The summed E-state index contributed by atoms with van der Waals surface area (Å²) in [7, 11) is 3.46. The van der Waals surface area contributed by atoms with Crippen LogP contribution in [0.3, 0.4) is 0 Å². The zero-order valence-corrected chi connectivity index (χ0v) is 29.9. The third-order valence-electron chi connectivity index (χ3n) is 8.91. The normalized spacial score (nSPS) is 11.5. The van der Waals surface area contributed by atoms with E-state index in [9.17, 15) is 10.2 Å². The topological polar surface area (TPSA) is 89.8 Å². The summed E-state index contributed by atoms with van der Waals surface area (Å²) in [5.74, 6) is 2.10. The number of rotatable bonds is 25. The molecule has 0 saturated carbocycles. The van der Waals surface area contributed by atoms with Gasteiger partial charge in [0, 0.05) is 49.1 Å². The van der Waals surface area contributed by atoms with Crippen molar-refractivity contribution in [3.8, 4) is 23.0 Å². The van der Waals surface area contributed by atoms with E-state index in [1.807, 2.05) is 30.5 Å². The highest BCUT2D eigenvalue weighted by Gasteiger charge is 2.10. The van der Waals surface area contributed by atoms with Gasteiger partial charge in [0.2, 0.25) is 0 Å². The summed E-state index contributed by atoms with van der Waals surface area (Å²) >= 11 is 0. The summed E-state index contributed by atoms with van der Waals surface area (Å²) in [5, 5.41) is 24.3. The number of phenolic OH excluding ortho intramolecular Hbond substituents is 2. The quantitative estimate of drug-likeness (QED) is 0.0361. The van der Waals surface area contributed by atoms with Crippen LogP contribution in [0.1, 0.15) is 89.2 Å². The lowest BCUT2D eigenvalue weighted by atomic mass is 10.1. The first-order chi connectivity index (χ1) is 23.5. The van der Waals surface area contributed by atoms with Gasteiger partial charge in [-0.15, -0.1) is 0 Å². The second-order valence-corrected chi connectivity index (χ2v) is 12.4. The zero-order chi connectivity index (χ0) is 34.4. The van der Waals surface area contributed by atoms with E-state index in [-0.39, 0.29) is 11.5 Å². The van der Waals surface area contributed by atoms with Crippen LogP contribution in [0.2, 0.25) is 0 Å². The van der Waals surface area contributed by atoms with Gasteiger partial charge in [-0.05, 0) is 70.4 Å². The highest BCUT2D eigenvalue weighted by molar-refractivity contribution is 5.72. The number of unbranched alkanes of at least 4 members (excludes halogenated alkanes) is 8. The molecule has 0 aliphatic rings. The van der Waals surface area contributed by atoms with Crippen molar-refractivity contribution in [3.63, 3.8) is 0 Å². The Labute approximate surface area is 289 Å². The van der Waals surface area contributed by atoms with Crippen molar-refractivity contribution in [2.45, 2.75) is 91.1 Å². The summed E-state index contributed by atoms with van der Waals surface area (Å²) in [6.45, 7) is 11.2. The second kappa shape index (κ2) is 22.8. The number of methoxy groups -OCH3 is 2. The average molecular weight is 661 g/mol. The number of ether oxygens (including phenoxy) is 2. The fourth-order valence-corrected chi connectivity index (χ4v) is 5.96. The smallest absolute Gasteiger partial charge is 0.143 e. The van der Waals surface area contributed by atoms with Crippen molar-refractivity contribution in [2.24, 2.45) is 4.99 Å². The molecule has 0 atom stereocenters. The molecular weight excluding hydrogens is 600 g/mol. The van der Waals surface area contributed by atoms with Gasteiger partial charge < -0.3 is 25.0 Å². The van der Waals surface area contributed by atoms with Crippen molar-refractivity contribution in [2.75, 3.05) is 52.3 Å². The molecule has 0 heterocycles. The standard InChI is InChI=1S/C40H60N4O4/c1-5-43(31-33-21-13-15-23-39(33)47-3)27-19-11-7-9-17-25-41-35-29-38(46)36(30-37(35)45)42-26-18-10-8-12-20-28-44(6-2)32-34-22-14-16-24-40(34)48-4/h13-16,21-25,29-30,42,45-46H,5-12,17-20,26-28,31-32H2,1-4H3. The van der Waals surface area contributed by atoms with Crippen molar-refractivity contribution in [3.05, 3.63) is 71.8 Å². The molecule has 8 nitrogen and oxygen atoms in total. The Balaban J connectivity index is 1.25. The van der Waals surface area contributed by atoms with Gasteiger partial charge >= 0.3 is 0 Å². The molecule has 0 amide bonds. The van der Waals surface area contributed by atoms with Gasteiger partial charge in [-0.2, -0.15) is 0 Å². The molecule has 0 fully saturated rings. The van der Waals surface area contributed by atoms with E-state index >= 15 is 0 Å². The molecule has 0 unspecified atom stereocenters. The maximum Gasteiger partial charge on any atom is 0.143 e. The molecule has 0 spiro atoms. The van der Waals surface area contributed by atoms with E-state index in [0.29, 0.717) is 11.4 Å². The van der Waals surface area contributed by atoms with Gasteiger partial charge in [0.25, 0.3) is 0 Å². The number of hydrogen-bond acceptors (Lipinski definition) is 8. The van der Waals surface area contributed by atoms with E-state index in [4.69, 9.17) is 9.47 Å². The van der Waals surface area contributed by atoms with Crippen LogP contribution in [0.15, 0.2) is 65.7 Å². The second-order valence-electron chi connectivity index (χ2n) is 12.4. The summed E-state index contributed by atoms with van der Waals surface area (Å²) in [4.78, 5) is 9.36. The summed E-state index contributed by atoms with van der Waals surface area (Å²) in [6, 6.07) is 19.6. The number of anilines is 1. The maximum atomic E-state index is 10.5. The van der Waals surface area contributed by atoms with Gasteiger partial charge in [0.1, 0.15) is 28.7 Å². The molecule has 0 saturated heterocycles. The van der Waals surface area contributed by atoms with Crippen LogP contribution >= 0.6 is 0 Å². The number of benzene rings is 3. The van der Waals surface area contributed by atoms with Crippen molar-refractivity contribution in [1.29, 1.82) is 0 Å². The van der Waals surface area contributed by atoms with E-state index in [2.05, 4.69) is 58.2 Å². The number of hydrogen-bond donors (Lipinski definition) is 3. The van der Waals surface area contributed by atoms with Crippen LogP contribution in [0.25, 0.3) is 0 Å². The third kappa shape index (κ3) is 13.8. The van der Waals surface area contributed by atoms with E-state index in [1.54, 1.807) is 26.4 Å². The van der Waals surface area contributed by atoms with Gasteiger partial charge in [0.15, 0.2) is 0 Å². The zero-order valence-electron chi connectivity index (χ0n) is 29.9. The van der Waals surface area contributed by atoms with Gasteiger partial charge in [-0.3, -0.25) is 14.8 Å². The number of phenols is 2. The molecule has 0 bridgehead atoms. The molecule has 48 heavy (non-hydrogen) atoms. The monoisotopic (exact) mass is 660 g/mol. The lowest BCUT2D eigenvalue weighted by Crippen LogP contribution is -2.24. The van der Waals surface area contributed by atoms with Gasteiger partial charge in [0.05, 0.1) is 19.9 Å². The van der Waals surface area contributed by atoms with Gasteiger partial charge in [-0.1, -0.05) is 82.3 Å². The minimum atomic E-state index is 0.0786. The van der Waals surface area contributed by atoms with Crippen LogP contribution in [0.5, 0.6) is 23.0 Å². The molecule has 0 aliphatic carbocycles. The fourth-order valence-electron chi connectivity index (χ4n) is 5.96. The van der Waals surface area contributed by atoms with Crippen LogP contribution < -0.4 is 14.8 Å². The summed E-state index contributed by atoms with van der Waals surface area (Å²) in [5.41, 5.74) is 3.42. The first-order valence-electron chi connectivity index (χ1n) is 18.0. The van der Waals surface area contributed by atoms with Crippen molar-refractivity contribution < 1.29 is 19.7 Å². The molecular formula is C40H60N4O4. The lowest BCUT2D eigenvalue weighted by molar-refractivity contribution is 0.267. The molecule has 3 aromatic rings. The Morgan fingerprint density at radius 2 is 1.19 bits per heavy atom. The molecule has 0 radical (unpaired) electrons. The highest BCUT2D eigenvalue weighted by Crippen LogP contribution is 2.36. The first-order valence-corrected chi connectivity index (χ1v) is 18.0. The molecule has 0 aromatic heterocycles. The Bertz CT molecular complexity index is 1350. The molecule has 264 valence electrons. The average Bonchev–Trinajstić information content (AvgIpc) is 3.11. The SMILES string of the molecule is CCN(CCCCCCC=Nc1cc(O)c(NCCCCCCCN(CC)Cc2ccccc2OC)cc1O)Cc1ccccc1OC. The van der Waals surface area contributed by atoms with Crippen LogP contribution in [0, 0.1) is 0 Å². The number of para-hydroxylation sites is 2.